The number of anilines is 1. The van der Waals surface area contributed by atoms with E-state index in [9.17, 15) is 0 Å². The molecule has 0 fully saturated rings. The highest BCUT2D eigenvalue weighted by atomic mass is 16.5. The molecule has 2 aromatic carbocycles. The Bertz CT molecular complexity index is 1050. The normalized spacial score (nSPS) is 16.2. The Morgan fingerprint density at radius 1 is 1.04 bits per heavy atom. The maximum atomic E-state index is 6.55. The van der Waals surface area contributed by atoms with E-state index in [0.29, 0.717) is 17.3 Å². The molecule has 5 heteroatoms. The van der Waals surface area contributed by atoms with Gasteiger partial charge in [-0.25, -0.2) is 4.99 Å². The van der Waals surface area contributed by atoms with Crippen molar-refractivity contribution >= 4 is 11.5 Å². The minimum atomic E-state index is -0.306. The summed E-state index contributed by atoms with van der Waals surface area (Å²) >= 11 is 0. The summed E-state index contributed by atoms with van der Waals surface area (Å²) in [5.41, 5.74) is 10.4. The Labute approximate surface area is 158 Å². The predicted octanol–water partition coefficient (Wildman–Crippen LogP) is 3.27. The molecule has 0 radical (unpaired) electrons. The molecule has 1 unspecified atom stereocenters. The Morgan fingerprint density at radius 2 is 1.74 bits per heavy atom. The van der Waals surface area contributed by atoms with E-state index >= 15 is 0 Å². The number of rotatable bonds is 4. The van der Waals surface area contributed by atoms with Gasteiger partial charge in [-0.15, -0.1) is 0 Å². The van der Waals surface area contributed by atoms with Crippen molar-refractivity contribution in [3.8, 4) is 5.75 Å². The first kappa shape index (κ1) is 17.2. The molecule has 0 spiro atoms. The van der Waals surface area contributed by atoms with Crippen molar-refractivity contribution in [2.45, 2.75) is 25.9 Å². The zero-order valence-corrected chi connectivity index (χ0v) is 15.7. The van der Waals surface area contributed by atoms with Gasteiger partial charge in [0.2, 0.25) is 5.55 Å². The quantitative estimate of drug-likeness (QED) is 0.775. The summed E-state index contributed by atoms with van der Waals surface area (Å²) in [6.07, 6.45) is 1.32. The average molecular weight is 361 g/mol. The zero-order chi connectivity index (χ0) is 19.0. The molecule has 27 heavy (non-hydrogen) atoms. The molecule has 0 bridgehead atoms. The van der Waals surface area contributed by atoms with Crippen LogP contribution >= 0.6 is 0 Å². The van der Waals surface area contributed by atoms with Gasteiger partial charge in [0.15, 0.2) is 6.17 Å². The van der Waals surface area contributed by atoms with Crippen molar-refractivity contribution in [2.24, 2.45) is 10.7 Å². The van der Waals surface area contributed by atoms with Crippen LogP contribution in [0.5, 0.6) is 5.75 Å². The predicted molar refractivity (Wildman–Crippen MR) is 106 cm³/mol. The first-order valence-electron chi connectivity index (χ1n) is 9.02. The largest absolute Gasteiger partial charge is 0.497 e. The van der Waals surface area contributed by atoms with Gasteiger partial charge in [-0.3, -0.25) is 0 Å². The molecule has 1 atom stereocenters. The number of fused-ring (bicyclic) bond motifs is 1. The lowest BCUT2D eigenvalue weighted by Crippen LogP contribution is -2.43. The van der Waals surface area contributed by atoms with E-state index in [2.05, 4.69) is 38.1 Å². The molecule has 0 saturated heterocycles. The summed E-state index contributed by atoms with van der Waals surface area (Å²) in [6.45, 7) is 4.37. The van der Waals surface area contributed by atoms with Gasteiger partial charge in [0, 0.05) is 5.69 Å². The van der Waals surface area contributed by atoms with E-state index in [1.165, 1.54) is 5.56 Å². The van der Waals surface area contributed by atoms with Gasteiger partial charge in [0.05, 0.1) is 18.6 Å². The highest BCUT2D eigenvalue weighted by Crippen LogP contribution is 2.33. The molecule has 0 aliphatic carbocycles. The molecule has 3 aromatic rings. The second-order valence-electron chi connectivity index (χ2n) is 6.92. The van der Waals surface area contributed by atoms with Crippen LogP contribution in [0.4, 0.5) is 5.69 Å². The van der Waals surface area contributed by atoms with Crippen LogP contribution in [0.15, 0.2) is 70.3 Å². The van der Waals surface area contributed by atoms with Crippen LogP contribution in [0.1, 0.15) is 37.1 Å². The van der Waals surface area contributed by atoms with Crippen LogP contribution in [0.2, 0.25) is 0 Å². The highest BCUT2D eigenvalue weighted by Gasteiger charge is 2.27. The lowest BCUT2D eigenvalue weighted by Gasteiger charge is -2.33. The maximum absolute atomic E-state index is 6.55. The molecule has 1 aliphatic rings. The fourth-order valence-electron chi connectivity index (χ4n) is 3.33. The standard InChI is InChI=1S/C22H23N3O2/c1-14(2)15-4-8-17(9-5-15)25-20(23)19-12-13-27-22(19)24-21(25)16-6-10-18(26-3)11-7-16/h4-14,21H,23H2,1-3H3. The number of hydrogen-bond acceptors (Lipinski definition) is 5. The van der Waals surface area contributed by atoms with Gasteiger partial charge < -0.3 is 19.8 Å². The minimum Gasteiger partial charge on any atom is -0.497 e. The van der Waals surface area contributed by atoms with Crippen LogP contribution in [-0.2, 0) is 0 Å². The third kappa shape index (κ3) is 3.05. The first-order valence-corrected chi connectivity index (χ1v) is 9.02. The lowest BCUT2D eigenvalue weighted by molar-refractivity contribution is 0.414. The average Bonchev–Trinajstić information content (AvgIpc) is 3.17. The number of methoxy groups -OCH3 is 1. The highest BCUT2D eigenvalue weighted by molar-refractivity contribution is 5.68. The van der Waals surface area contributed by atoms with Crippen LogP contribution in [0.3, 0.4) is 0 Å². The molecular formula is C22H23N3O2. The monoisotopic (exact) mass is 361 g/mol. The Morgan fingerprint density at radius 3 is 2.37 bits per heavy atom. The maximum Gasteiger partial charge on any atom is 0.227 e. The Kier molecular flexibility index (Phi) is 4.36. The van der Waals surface area contributed by atoms with Crippen LogP contribution in [0, 0.1) is 0 Å². The van der Waals surface area contributed by atoms with E-state index in [1.807, 2.05) is 35.2 Å². The summed E-state index contributed by atoms with van der Waals surface area (Å²) in [5, 5.41) is 0.813. The lowest BCUT2D eigenvalue weighted by atomic mass is 10.0. The van der Waals surface area contributed by atoms with Crippen LogP contribution < -0.4 is 26.1 Å². The van der Waals surface area contributed by atoms with Crippen molar-refractivity contribution in [1.29, 1.82) is 0 Å². The third-order valence-electron chi connectivity index (χ3n) is 4.92. The molecule has 5 nitrogen and oxygen atoms in total. The smallest absolute Gasteiger partial charge is 0.227 e. The Hall–Kier alpha value is -3.21. The first-order chi connectivity index (χ1) is 13.1. The molecular weight excluding hydrogens is 338 g/mol. The molecule has 0 saturated carbocycles. The fourth-order valence-corrected chi connectivity index (χ4v) is 3.33. The number of nitrogens with zero attached hydrogens (tertiary/aromatic N) is 2. The van der Waals surface area contributed by atoms with Crippen molar-refractivity contribution in [2.75, 3.05) is 12.0 Å². The van der Waals surface area contributed by atoms with E-state index in [1.54, 1.807) is 13.4 Å². The molecule has 0 amide bonds. The topological polar surface area (TPSA) is 64.0 Å². The minimum absolute atomic E-state index is 0.306. The number of furan rings is 1. The van der Waals surface area contributed by atoms with E-state index < -0.39 is 0 Å². The van der Waals surface area contributed by atoms with Crippen molar-refractivity contribution in [1.82, 2.24) is 0 Å². The van der Waals surface area contributed by atoms with Gasteiger partial charge in [-0.1, -0.05) is 38.1 Å². The third-order valence-corrected chi connectivity index (χ3v) is 4.92. The van der Waals surface area contributed by atoms with Gasteiger partial charge in [-0.05, 0) is 47.4 Å². The van der Waals surface area contributed by atoms with Crippen molar-refractivity contribution in [3.63, 3.8) is 0 Å². The van der Waals surface area contributed by atoms with E-state index in [4.69, 9.17) is 19.9 Å². The molecule has 2 heterocycles. The van der Waals surface area contributed by atoms with Crippen LogP contribution in [-0.4, -0.2) is 7.11 Å². The summed E-state index contributed by atoms with van der Waals surface area (Å²) < 4.78 is 10.8. The molecule has 2 N–H and O–H groups in total. The second-order valence-corrected chi connectivity index (χ2v) is 6.92. The van der Waals surface area contributed by atoms with E-state index in [0.717, 1.165) is 22.2 Å². The van der Waals surface area contributed by atoms with Gasteiger partial charge in [0.25, 0.3) is 0 Å². The van der Waals surface area contributed by atoms with Crippen molar-refractivity contribution in [3.05, 3.63) is 82.8 Å². The second kappa shape index (κ2) is 6.83. The molecule has 138 valence electrons. The summed E-state index contributed by atoms with van der Waals surface area (Å²) in [4.78, 5) is 6.86. The zero-order valence-electron chi connectivity index (χ0n) is 15.7. The number of ether oxygens (including phenoxy) is 1. The molecule has 1 aliphatic heterocycles. The van der Waals surface area contributed by atoms with E-state index in [-0.39, 0.29) is 6.17 Å². The summed E-state index contributed by atoms with van der Waals surface area (Å²) in [6, 6.07) is 18.2. The molecule has 1 aromatic heterocycles. The summed E-state index contributed by atoms with van der Waals surface area (Å²) in [5.74, 6) is 1.91. The van der Waals surface area contributed by atoms with Gasteiger partial charge in [-0.2, -0.15) is 0 Å². The van der Waals surface area contributed by atoms with Crippen molar-refractivity contribution < 1.29 is 9.15 Å². The molecule has 4 rings (SSSR count). The van der Waals surface area contributed by atoms with Gasteiger partial charge >= 0.3 is 0 Å². The fraction of sp³-hybridized carbons (Fsp3) is 0.227. The number of hydrogen-bond donors (Lipinski definition) is 1. The Balaban J connectivity index is 1.84. The summed E-state index contributed by atoms with van der Waals surface area (Å²) in [7, 11) is 1.66. The SMILES string of the molecule is COc1ccc(C2N=c3occc3=C(N)N2c2ccc(C(C)C)cc2)cc1. The van der Waals surface area contributed by atoms with Crippen LogP contribution in [0.25, 0.3) is 5.82 Å². The number of benzene rings is 2. The number of nitrogens with two attached hydrogens (primary N) is 1. The van der Waals surface area contributed by atoms with Gasteiger partial charge in [0.1, 0.15) is 11.6 Å².